The van der Waals surface area contributed by atoms with Crippen LogP contribution in [0.3, 0.4) is 0 Å². The number of carbonyl (C=O) groups excluding carboxylic acids is 1. The fourth-order valence-corrected chi connectivity index (χ4v) is 4.57. The monoisotopic (exact) mass is 373 g/mol. The molecule has 5 rings (SSSR count). The van der Waals surface area contributed by atoms with Crippen molar-refractivity contribution in [3.8, 4) is 0 Å². The summed E-state index contributed by atoms with van der Waals surface area (Å²) < 4.78 is 0. The Hall–Kier alpha value is -2.59. The zero-order valence-electron chi connectivity index (χ0n) is 16.1. The van der Waals surface area contributed by atoms with Crippen LogP contribution in [0.25, 0.3) is 10.9 Å². The minimum atomic E-state index is -0.175. The predicted molar refractivity (Wildman–Crippen MR) is 112 cm³/mol. The first kappa shape index (κ1) is 17.5. The van der Waals surface area contributed by atoms with Gasteiger partial charge < -0.3 is 10.3 Å². The van der Waals surface area contributed by atoms with Gasteiger partial charge in [-0.1, -0.05) is 48.5 Å². The predicted octanol–water partition coefficient (Wildman–Crippen LogP) is 4.37. The molecule has 2 N–H and O–H groups in total. The van der Waals surface area contributed by atoms with E-state index < -0.39 is 0 Å². The van der Waals surface area contributed by atoms with Gasteiger partial charge in [-0.2, -0.15) is 0 Å². The third kappa shape index (κ3) is 3.45. The average molecular weight is 374 g/mol. The molecule has 28 heavy (non-hydrogen) atoms. The number of aromatic nitrogens is 1. The normalized spacial score (nSPS) is 19.6. The lowest BCUT2D eigenvalue weighted by atomic mass is 9.88. The summed E-state index contributed by atoms with van der Waals surface area (Å²) in [4.78, 5) is 18.8. The number of likely N-dealkylation sites (tertiary alicyclic amines) is 1. The van der Waals surface area contributed by atoms with Crippen LogP contribution in [0.15, 0.2) is 60.8 Å². The molecule has 0 bridgehead atoms. The molecule has 1 aromatic heterocycles. The summed E-state index contributed by atoms with van der Waals surface area (Å²) in [5.41, 5.74) is 3.74. The lowest BCUT2D eigenvalue weighted by Gasteiger charge is -2.37. The van der Waals surface area contributed by atoms with Gasteiger partial charge in [0.2, 0.25) is 5.91 Å². The van der Waals surface area contributed by atoms with Crippen LogP contribution in [-0.2, 0) is 4.79 Å². The number of amides is 1. The van der Waals surface area contributed by atoms with E-state index in [0.717, 1.165) is 44.3 Å². The van der Waals surface area contributed by atoms with Crippen LogP contribution in [0.5, 0.6) is 0 Å². The highest BCUT2D eigenvalue weighted by atomic mass is 16.2. The summed E-state index contributed by atoms with van der Waals surface area (Å²) in [7, 11) is 0. The SMILES string of the molecule is O=C(NC1CC1)[C@@H](c1ccccc1)N1CCC(c2c[nH]c3ccccc23)CC1. The number of piperidine rings is 1. The number of benzene rings is 2. The first-order chi connectivity index (χ1) is 13.8. The van der Waals surface area contributed by atoms with Crippen molar-refractivity contribution in [2.45, 2.75) is 43.7 Å². The molecule has 144 valence electrons. The van der Waals surface area contributed by atoms with Gasteiger partial charge >= 0.3 is 0 Å². The zero-order valence-corrected chi connectivity index (χ0v) is 16.1. The Morgan fingerprint density at radius 1 is 0.964 bits per heavy atom. The Bertz CT molecular complexity index is 952. The molecule has 4 heteroatoms. The second-order valence-corrected chi connectivity index (χ2v) is 8.20. The maximum Gasteiger partial charge on any atom is 0.242 e. The third-order valence-corrected chi connectivity index (χ3v) is 6.24. The molecular formula is C24H27N3O. The van der Waals surface area contributed by atoms with Gasteiger partial charge in [0, 0.05) is 23.1 Å². The lowest BCUT2D eigenvalue weighted by molar-refractivity contribution is -0.127. The van der Waals surface area contributed by atoms with Gasteiger partial charge in [-0.05, 0) is 61.9 Å². The number of fused-ring (bicyclic) bond motifs is 1. The minimum absolute atomic E-state index is 0.166. The highest BCUT2D eigenvalue weighted by molar-refractivity contribution is 5.84. The number of para-hydroxylation sites is 1. The molecule has 0 radical (unpaired) electrons. The molecule has 4 nitrogen and oxygen atoms in total. The van der Waals surface area contributed by atoms with E-state index in [2.05, 4.69) is 57.8 Å². The van der Waals surface area contributed by atoms with Crippen LogP contribution in [0.1, 0.15) is 48.8 Å². The van der Waals surface area contributed by atoms with Gasteiger partial charge in [0.05, 0.1) is 0 Å². The van der Waals surface area contributed by atoms with E-state index >= 15 is 0 Å². The molecule has 2 fully saturated rings. The van der Waals surface area contributed by atoms with Crippen molar-refractivity contribution in [2.75, 3.05) is 13.1 Å². The number of rotatable bonds is 5. The van der Waals surface area contributed by atoms with Gasteiger partial charge in [-0.25, -0.2) is 0 Å². The van der Waals surface area contributed by atoms with Crippen LogP contribution >= 0.6 is 0 Å². The van der Waals surface area contributed by atoms with Crippen LogP contribution in [0, 0.1) is 0 Å². The van der Waals surface area contributed by atoms with Crippen molar-refractivity contribution in [3.63, 3.8) is 0 Å². The number of aromatic amines is 1. The fourth-order valence-electron chi connectivity index (χ4n) is 4.57. The van der Waals surface area contributed by atoms with E-state index in [1.165, 1.54) is 16.5 Å². The molecule has 1 atom stereocenters. The molecule has 1 saturated carbocycles. The smallest absolute Gasteiger partial charge is 0.242 e. The standard InChI is InChI=1S/C24H27N3O/c28-24(26-19-10-11-19)23(18-6-2-1-3-7-18)27-14-12-17(13-15-27)21-16-25-22-9-5-4-8-20(21)22/h1-9,16-17,19,23,25H,10-15H2,(H,26,28)/t23-/m1/s1. The van der Waals surface area contributed by atoms with E-state index in [4.69, 9.17) is 0 Å². The van der Waals surface area contributed by atoms with Crippen molar-refractivity contribution in [2.24, 2.45) is 0 Å². The van der Waals surface area contributed by atoms with Crippen molar-refractivity contribution in [1.29, 1.82) is 0 Å². The third-order valence-electron chi connectivity index (χ3n) is 6.24. The van der Waals surface area contributed by atoms with E-state index in [-0.39, 0.29) is 11.9 Å². The highest BCUT2D eigenvalue weighted by Gasteiger charge is 2.34. The van der Waals surface area contributed by atoms with Gasteiger partial charge in [0.25, 0.3) is 0 Å². The molecule has 2 aromatic carbocycles. The fraction of sp³-hybridized carbons (Fsp3) is 0.375. The summed E-state index contributed by atoms with van der Waals surface area (Å²) >= 11 is 0. The van der Waals surface area contributed by atoms with Gasteiger partial charge in [-0.15, -0.1) is 0 Å². The van der Waals surface area contributed by atoms with E-state index in [1.807, 2.05) is 18.2 Å². The number of hydrogen-bond acceptors (Lipinski definition) is 2. The van der Waals surface area contributed by atoms with E-state index in [9.17, 15) is 4.79 Å². The molecule has 1 amide bonds. The summed E-state index contributed by atoms with van der Waals surface area (Å²) in [6.45, 7) is 1.89. The van der Waals surface area contributed by atoms with Crippen molar-refractivity contribution < 1.29 is 4.79 Å². The minimum Gasteiger partial charge on any atom is -0.361 e. The van der Waals surface area contributed by atoms with Gasteiger partial charge in [-0.3, -0.25) is 9.69 Å². The summed E-state index contributed by atoms with van der Waals surface area (Å²) in [5.74, 6) is 0.717. The number of hydrogen-bond donors (Lipinski definition) is 2. The van der Waals surface area contributed by atoms with Crippen molar-refractivity contribution >= 4 is 16.8 Å². The van der Waals surface area contributed by atoms with Crippen LogP contribution in [0.2, 0.25) is 0 Å². The second kappa shape index (κ2) is 7.44. The maximum atomic E-state index is 13.0. The first-order valence-corrected chi connectivity index (χ1v) is 10.4. The summed E-state index contributed by atoms with van der Waals surface area (Å²) in [6, 6.07) is 19.0. The molecule has 1 saturated heterocycles. The van der Waals surface area contributed by atoms with Crippen molar-refractivity contribution in [1.82, 2.24) is 15.2 Å². The van der Waals surface area contributed by atoms with Crippen LogP contribution < -0.4 is 5.32 Å². The second-order valence-electron chi connectivity index (χ2n) is 8.20. The molecule has 0 spiro atoms. The molecule has 1 aliphatic heterocycles. The van der Waals surface area contributed by atoms with Gasteiger partial charge in [0.15, 0.2) is 0 Å². The number of nitrogens with zero attached hydrogens (tertiary/aromatic N) is 1. The average Bonchev–Trinajstić information content (AvgIpc) is 3.45. The Morgan fingerprint density at radius 3 is 2.43 bits per heavy atom. The van der Waals surface area contributed by atoms with Gasteiger partial charge in [0.1, 0.15) is 6.04 Å². The van der Waals surface area contributed by atoms with Crippen molar-refractivity contribution in [3.05, 3.63) is 71.9 Å². The molecule has 2 aliphatic rings. The van der Waals surface area contributed by atoms with Crippen LogP contribution in [0.4, 0.5) is 0 Å². The Morgan fingerprint density at radius 2 is 1.68 bits per heavy atom. The largest absolute Gasteiger partial charge is 0.361 e. The Labute approximate surface area is 165 Å². The number of carbonyl (C=O) groups is 1. The quantitative estimate of drug-likeness (QED) is 0.698. The number of nitrogens with one attached hydrogen (secondary N) is 2. The Balaban J connectivity index is 1.33. The maximum absolute atomic E-state index is 13.0. The summed E-state index contributed by atoms with van der Waals surface area (Å²) in [5, 5.41) is 4.57. The highest BCUT2D eigenvalue weighted by Crippen LogP contribution is 2.36. The molecule has 3 aromatic rings. The topological polar surface area (TPSA) is 48.1 Å². The summed E-state index contributed by atoms with van der Waals surface area (Å²) in [6.07, 6.45) is 6.59. The van der Waals surface area contributed by atoms with E-state index in [0.29, 0.717) is 12.0 Å². The molecule has 1 aliphatic carbocycles. The Kier molecular flexibility index (Phi) is 4.65. The lowest BCUT2D eigenvalue weighted by Crippen LogP contribution is -2.44. The van der Waals surface area contributed by atoms with E-state index in [1.54, 1.807) is 0 Å². The molecule has 0 unspecified atom stereocenters. The molecule has 2 heterocycles. The van der Waals surface area contributed by atoms with Crippen LogP contribution in [-0.4, -0.2) is 34.9 Å². The molecular weight excluding hydrogens is 346 g/mol. The number of H-pyrrole nitrogens is 1. The zero-order chi connectivity index (χ0) is 18.9. The first-order valence-electron chi connectivity index (χ1n) is 10.4.